The maximum absolute atomic E-state index is 13.6. The molecule has 0 amide bonds. The monoisotopic (exact) mass is 254 g/mol. The van der Waals surface area contributed by atoms with Crippen LogP contribution < -0.4 is 5.73 Å². The third-order valence-corrected chi connectivity index (χ3v) is 2.63. The van der Waals surface area contributed by atoms with Gasteiger partial charge in [0.1, 0.15) is 0 Å². The Morgan fingerprint density at radius 3 is 2.44 bits per heavy atom. The lowest BCUT2D eigenvalue weighted by Gasteiger charge is -2.09. The largest absolute Gasteiger partial charge is 0.398 e. The lowest BCUT2D eigenvalue weighted by Crippen LogP contribution is -2.03. The number of nitrogens with two attached hydrogens (primary N) is 1. The molecule has 2 aromatic rings. The summed E-state index contributed by atoms with van der Waals surface area (Å²) in [7, 11) is 0. The van der Waals surface area contributed by atoms with Crippen LogP contribution in [0.1, 0.15) is 19.5 Å². The van der Waals surface area contributed by atoms with Crippen molar-refractivity contribution in [2.75, 3.05) is 5.73 Å². The van der Waals surface area contributed by atoms with Crippen molar-refractivity contribution in [1.82, 2.24) is 4.98 Å². The lowest BCUT2D eigenvalue weighted by molar-refractivity contribution is 0.453. The number of hydrogen-bond acceptors (Lipinski definition) is 2. The van der Waals surface area contributed by atoms with E-state index in [1.807, 2.05) is 13.8 Å². The highest BCUT2D eigenvalue weighted by atomic mass is 19.2. The van der Waals surface area contributed by atoms with Crippen LogP contribution in [-0.4, -0.2) is 4.98 Å². The highest BCUT2D eigenvalue weighted by molar-refractivity contribution is 5.91. The average molecular weight is 254 g/mol. The normalized spacial score (nSPS) is 11.4. The van der Waals surface area contributed by atoms with Crippen molar-refractivity contribution in [3.8, 4) is 0 Å². The number of pyridine rings is 1. The number of hydrogen-bond donors (Lipinski definition) is 1. The number of anilines is 1. The smallest absolute Gasteiger partial charge is 0.195 e. The fraction of sp³-hybridized carbons (Fsp3) is 0.308. The Bertz CT molecular complexity index is 609. The SMILES string of the molecule is CC(C)Cc1cc(N)c2c(F)c(F)c(F)cc2n1. The van der Waals surface area contributed by atoms with Crippen LogP contribution in [0.5, 0.6) is 0 Å². The molecule has 2 rings (SSSR count). The summed E-state index contributed by atoms with van der Waals surface area (Å²) in [5.41, 5.74) is 6.44. The van der Waals surface area contributed by atoms with Crippen molar-refractivity contribution in [2.45, 2.75) is 20.3 Å². The maximum atomic E-state index is 13.6. The summed E-state index contributed by atoms with van der Waals surface area (Å²) < 4.78 is 39.8. The molecule has 0 unspecified atom stereocenters. The fourth-order valence-corrected chi connectivity index (χ4v) is 1.91. The lowest BCUT2D eigenvalue weighted by atomic mass is 10.1. The van der Waals surface area contributed by atoms with Crippen LogP contribution in [-0.2, 0) is 6.42 Å². The van der Waals surface area contributed by atoms with E-state index in [2.05, 4.69) is 4.98 Å². The quantitative estimate of drug-likeness (QED) is 0.834. The number of rotatable bonds is 2. The molecule has 0 saturated carbocycles. The van der Waals surface area contributed by atoms with Gasteiger partial charge in [-0.15, -0.1) is 0 Å². The van der Waals surface area contributed by atoms with E-state index in [1.165, 1.54) is 6.07 Å². The summed E-state index contributed by atoms with van der Waals surface area (Å²) in [4.78, 5) is 4.11. The molecule has 0 bridgehead atoms. The van der Waals surface area contributed by atoms with Crippen LogP contribution in [0.4, 0.5) is 18.9 Å². The van der Waals surface area contributed by atoms with Gasteiger partial charge in [0.2, 0.25) is 0 Å². The minimum Gasteiger partial charge on any atom is -0.398 e. The molecule has 0 aliphatic heterocycles. The van der Waals surface area contributed by atoms with Gasteiger partial charge in [-0.3, -0.25) is 4.98 Å². The Hall–Kier alpha value is -1.78. The third kappa shape index (κ3) is 2.12. The molecule has 1 heterocycles. The van der Waals surface area contributed by atoms with Crippen LogP contribution >= 0.6 is 0 Å². The van der Waals surface area contributed by atoms with E-state index >= 15 is 0 Å². The molecule has 0 radical (unpaired) electrons. The minimum atomic E-state index is -1.52. The average Bonchev–Trinajstić information content (AvgIpc) is 2.24. The van der Waals surface area contributed by atoms with Crippen LogP contribution in [0.3, 0.4) is 0 Å². The van der Waals surface area contributed by atoms with Crippen molar-refractivity contribution in [3.63, 3.8) is 0 Å². The molecule has 1 aromatic carbocycles. The van der Waals surface area contributed by atoms with Gasteiger partial charge in [-0.2, -0.15) is 0 Å². The zero-order valence-corrected chi connectivity index (χ0v) is 10.1. The standard InChI is InChI=1S/C13H13F3N2/c1-6(2)3-7-4-9(17)11-10(18-7)5-8(14)12(15)13(11)16/h4-6H,3H2,1-2H3,(H2,17,18). The number of benzene rings is 1. The van der Waals surface area contributed by atoms with Crippen LogP contribution in [0.15, 0.2) is 12.1 Å². The molecule has 0 aliphatic carbocycles. The Kier molecular flexibility index (Phi) is 3.15. The van der Waals surface area contributed by atoms with E-state index < -0.39 is 17.5 Å². The zero-order valence-electron chi connectivity index (χ0n) is 10.1. The third-order valence-electron chi connectivity index (χ3n) is 2.63. The van der Waals surface area contributed by atoms with Gasteiger partial charge >= 0.3 is 0 Å². The molecule has 0 aliphatic rings. The number of halogens is 3. The van der Waals surface area contributed by atoms with E-state index in [4.69, 9.17) is 5.73 Å². The number of aromatic nitrogens is 1. The zero-order chi connectivity index (χ0) is 13.4. The Balaban J connectivity index is 2.70. The van der Waals surface area contributed by atoms with Gasteiger partial charge in [0.25, 0.3) is 0 Å². The van der Waals surface area contributed by atoms with Crippen LogP contribution in [0.25, 0.3) is 10.9 Å². The molecule has 0 atom stereocenters. The molecular weight excluding hydrogens is 241 g/mol. The summed E-state index contributed by atoms with van der Waals surface area (Å²) in [6.07, 6.45) is 0.640. The first-order valence-electron chi connectivity index (χ1n) is 5.62. The first-order valence-corrected chi connectivity index (χ1v) is 5.62. The van der Waals surface area contributed by atoms with Gasteiger partial charge in [-0.05, 0) is 18.4 Å². The molecule has 18 heavy (non-hydrogen) atoms. The predicted molar refractivity (Wildman–Crippen MR) is 64.6 cm³/mol. The number of fused-ring (bicyclic) bond motifs is 1. The van der Waals surface area contributed by atoms with Crippen molar-refractivity contribution < 1.29 is 13.2 Å². The summed E-state index contributed by atoms with van der Waals surface area (Å²) >= 11 is 0. The highest BCUT2D eigenvalue weighted by Crippen LogP contribution is 2.27. The van der Waals surface area contributed by atoms with E-state index in [-0.39, 0.29) is 16.6 Å². The topological polar surface area (TPSA) is 38.9 Å². The van der Waals surface area contributed by atoms with Gasteiger partial charge in [-0.25, -0.2) is 13.2 Å². The van der Waals surface area contributed by atoms with E-state index in [0.29, 0.717) is 18.0 Å². The first-order chi connectivity index (χ1) is 8.40. The molecule has 1 aromatic heterocycles. The van der Waals surface area contributed by atoms with Crippen molar-refractivity contribution in [1.29, 1.82) is 0 Å². The predicted octanol–water partition coefficient (Wildman–Crippen LogP) is 3.43. The molecule has 0 spiro atoms. The Labute approximate surface area is 103 Å². The fourth-order valence-electron chi connectivity index (χ4n) is 1.91. The van der Waals surface area contributed by atoms with Crippen LogP contribution in [0, 0.1) is 23.4 Å². The molecule has 0 saturated heterocycles. The molecule has 5 heteroatoms. The summed E-state index contributed by atoms with van der Waals surface area (Å²) in [6.45, 7) is 3.99. The van der Waals surface area contributed by atoms with Gasteiger partial charge in [-0.1, -0.05) is 13.8 Å². The van der Waals surface area contributed by atoms with Gasteiger partial charge in [0.15, 0.2) is 17.5 Å². The summed E-state index contributed by atoms with van der Waals surface area (Å²) in [5.74, 6) is -3.73. The Morgan fingerprint density at radius 1 is 1.17 bits per heavy atom. The van der Waals surface area contributed by atoms with Gasteiger partial charge in [0.05, 0.1) is 10.9 Å². The van der Waals surface area contributed by atoms with Crippen LogP contribution in [0.2, 0.25) is 0 Å². The van der Waals surface area contributed by atoms with E-state index in [9.17, 15) is 13.2 Å². The number of nitrogens with zero attached hydrogens (tertiary/aromatic N) is 1. The minimum absolute atomic E-state index is 0.0436. The molecular formula is C13H13F3N2. The summed E-state index contributed by atoms with van der Waals surface area (Å²) in [6, 6.07) is 2.37. The molecule has 2 N–H and O–H groups in total. The maximum Gasteiger partial charge on any atom is 0.195 e. The molecule has 0 fully saturated rings. The van der Waals surface area contributed by atoms with Gasteiger partial charge in [0, 0.05) is 17.4 Å². The van der Waals surface area contributed by atoms with Crippen molar-refractivity contribution in [3.05, 3.63) is 35.3 Å². The second kappa shape index (κ2) is 4.48. The van der Waals surface area contributed by atoms with E-state index in [1.54, 1.807) is 0 Å². The second-order valence-corrected chi connectivity index (χ2v) is 4.68. The van der Waals surface area contributed by atoms with Gasteiger partial charge < -0.3 is 5.73 Å². The summed E-state index contributed by atoms with van der Waals surface area (Å²) in [5, 5.41) is -0.165. The first kappa shape index (κ1) is 12.7. The second-order valence-electron chi connectivity index (χ2n) is 4.68. The van der Waals surface area contributed by atoms with Crippen molar-refractivity contribution >= 4 is 16.6 Å². The number of nitrogen functional groups attached to an aromatic ring is 1. The van der Waals surface area contributed by atoms with Crippen molar-refractivity contribution in [2.24, 2.45) is 5.92 Å². The van der Waals surface area contributed by atoms with E-state index in [0.717, 1.165) is 6.07 Å². The highest BCUT2D eigenvalue weighted by Gasteiger charge is 2.17. The Morgan fingerprint density at radius 2 is 1.83 bits per heavy atom. The molecule has 96 valence electrons. The molecule has 2 nitrogen and oxygen atoms in total.